The molecule has 0 aliphatic heterocycles. The van der Waals surface area contributed by atoms with Crippen LogP contribution < -0.4 is 10.6 Å². The number of imidazole rings is 1. The van der Waals surface area contributed by atoms with Gasteiger partial charge in [-0.25, -0.2) is 9.37 Å². The van der Waals surface area contributed by atoms with E-state index in [1.54, 1.807) is 19.2 Å². The Bertz CT molecular complexity index is 895. The lowest BCUT2D eigenvalue weighted by Crippen LogP contribution is -2.39. The van der Waals surface area contributed by atoms with Crippen LogP contribution in [0, 0.1) is 5.82 Å². The molecule has 1 heterocycles. The summed E-state index contributed by atoms with van der Waals surface area (Å²) in [7, 11) is 1.73. The minimum Gasteiger partial charge on any atom is -0.356 e. The van der Waals surface area contributed by atoms with Gasteiger partial charge in [-0.3, -0.25) is 4.99 Å². The van der Waals surface area contributed by atoms with E-state index in [0.717, 1.165) is 18.8 Å². The maximum Gasteiger partial charge on any atom is 0.191 e. The molecule has 0 aliphatic rings. The lowest BCUT2D eigenvalue weighted by molar-refractivity contribution is 0.606. The summed E-state index contributed by atoms with van der Waals surface area (Å²) in [6.07, 6.45) is 5.23. The Morgan fingerprint density at radius 1 is 1.00 bits per heavy atom. The number of nitrogens with one attached hydrogen (secondary N) is 2. The fourth-order valence-electron chi connectivity index (χ4n) is 3.02. The summed E-state index contributed by atoms with van der Waals surface area (Å²) >= 11 is 0. The quantitative estimate of drug-likeness (QED) is 0.278. The number of benzene rings is 2. The second-order valence-corrected chi connectivity index (χ2v) is 6.47. The molecule has 0 radical (unpaired) electrons. The van der Waals surface area contributed by atoms with Gasteiger partial charge in [0.05, 0.1) is 0 Å². The number of hydrogen-bond donors (Lipinski definition) is 2. The van der Waals surface area contributed by atoms with Gasteiger partial charge < -0.3 is 15.2 Å². The predicted molar refractivity (Wildman–Crippen MR) is 126 cm³/mol. The van der Waals surface area contributed by atoms with E-state index in [9.17, 15) is 4.39 Å². The summed E-state index contributed by atoms with van der Waals surface area (Å²) < 4.78 is 15.8. The van der Waals surface area contributed by atoms with E-state index in [-0.39, 0.29) is 29.8 Å². The zero-order valence-corrected chi connectivity index (χ0v) is 18.8. The molecule has 0 fully saturated rings. The van der Waals surface area contributed by atoms with Crippen LogP contribution in [0.5, 0.6) is 0 Å². The van der Waals surface area contributed by atoms with E-state index < -0.39 is 0 Å². The van der Waals surface area contributed by atoms with Crippen LogP contribution in [0.4, 0.5) is 4.39 Å². The Balaban J connectivity index is 0.00000300. The summed E-state index contributed by atoms with van der Waals surface area (Å²) in [6.45, 7) is 2.14. The van der Waals surface area contributed by atoms with Gasteiger partial charge in [0.2, 0.25) is 0 Å². The van der Waals surface area contributed by atoms with Gasteiger partial charge in [-0.15, -0.1) is 24.0 Å². The van der Waals surface area contributed by atoms with Gasteiger partial charge in [0, 0.05) is 45.5 Å². The molecule has 0 spiro atoms. The molecule has 7 heteroatoms. The van der Waals surface area contributed by atoms with Crippen LogP contribution in [0.15, 0.2) is 72.0 Å². The van der Waals surface area contributed by atoms with Gasteiger partial charge in [-0.2, -0.15) is 0 Å². The third-order valence-electron chi connectivity index (χ3n) is 4.51. The van der Waals surface area contributed by atoms with Gasteiger partial charge in [-0.05, 0) is 23.6 Å². The van der Waals surface area contributed by atoms with Gasteiger partial charge in [0.25, 0.3) is 0 Å². The summed E-state index contributed by atoms with van der Waals surface area (Å²) in [5.41, 5.74) is 1.95. The predicted octanol–water partition coefficient (Wildman–Crippen LogP) is 3.64. The third-order valence-corrected chi connectivity index (χ3v) is 4.51. The van der Waals surface area contributed by atoms with Gasteiger partial charge in [-0.1, -0.05) is 48.5 Å². The number of guanidine groups is 1. The number of rotatable bonds is 8. The Morgan fingerprint density at radius 2 is 1.69 bits per heavy atom. The third kappa shape index (κ3) is 7.16. The van der Waals surface area contributed by atoms with Crippen molar-refractivity contribution in [1.82, 2.24) is 20.2 Å². The second-order valence-electron chi connectivity index (χ2n) is 6.47. The minimum absolute atomic E-state index is 0. The van der Waals surface area contributed by atoms with Crippen molar-refractivity contribution < 1.29 is 4.39 Å². The standard InChI is InChI=1S/C22H26FN5.HI/c1-24-22(26-13-11-19-9-5-6-10-20(19)23)27-14-12-21-25-15-16-28(21)17-18-7-3-2-4-8-18;/h2-10,15-16H,11-14,17H2,1H3,(H2,24,26,27);1H. The number of halogens is 2. The molecule has 0 saturated carbocycles. The second kappa shape index (κ2) is 12.2. The first-order valence-corrected chi connectivity index (χ1v) is 9.48. The first kappa shape index (κ1) is 22.9. The Kier molecular flexibility index (Phi) is 9.63. The molecule has 1 aromatic heterocycles. The summed E-state index contributed by atoms with van der Waals surface area (Å²) in [5, 5.41) is 6.52. The highest BCUT2D eigenvalue weighted by molar-refractivity contribution is 14.0. The van der Waals surface area contributed by atoms with Gasteiger partial charge in [0.15, 0.2) is 5.96 Å². The maximum atomic E-state index is 13.7. The smallest absolute Gasteiger partial charge is 0.191 e. The highest BCUT2D eigenvalue weighted by Gasteiger charge is 2.05. The number of hydrogen-bond acceptors (Lipinski definition) is 2. The zero-order valence-electron chi connectivity index (χ0n) is 16.5. The lowest BCUT2D eigenvalue weighted by atomic mass is 10.1. The van der Waals surface area contributed by atoms with E-state index in [1.165, 1.54) is 11.6 Å². The molecule has 0 amide bonds. The first-order valence-electron chi connectivity index (χ1n) is 9.48. The van der Waals surface area contributed by atoms with Crippen molar-refractivity contribution in [3.63, 3.8) is 0 Å². The first-order chi connectivity index (χ1) is 13.8. The monoisotopic (exact) mass is 507 g/mol. The molecule has 2 aromatic carbocycles. The van der Waals surface area contributed by atoms with Crippen LogP contribution in [0.1, 0.15) is 17.0 Å². The van der Waals surface area contributed by atoms with Crippen LogP contribution >= 0.6 is 24.0 Å². The Morgan fingerprint density at radius 3 is 2.41 bits per heavy atom. The lowest BCUT2D eigenvalue weighted by Gasteiger charge is -2.13. The van der Waals surface area contributed by atoms with Crippen LogP contribution in [0.2, 0.25) is 0 Å². The fourth-order valence-corrected chi connectivity index (χ4v) is 3.02. The van der Waals surface area contributed by atoms with Crippen molar-refractivity contribution >= 4 is 29.9 Å². The largest absolute Gasteiger partial charge is 0.356 e. The van der Waals surface area contributed by atoms with Crippen LogP contribution in [-0.4, -0.2) is 35.6 Å². The molecular formula is C22H27FIN5. The molecule has 3 aromatic rings. The Labute approximate surface area is 188 Å². The molecular weight excluding hydrogens is 480 g/mol. The molecule has 29 heavy (non-hydrogen) atoms. The maximum absolute atomic E-state index is 13.7. The molecule has 2 N–H and O–H groups in total. The van der Waals surface area contributed by atoms with E-state index >= 15 is 0 Å². The highest BCUT2D eigenvalue weighted by atomic mass is 127. The molecule has 0 unspecified atom stereocenters. The van der Waals surface area contributed by atoms with E-state index in [4.69, 9.17) is 0 Å². The van der Waals surface area contributed by atoms with Crippen molar-refractivity contribution in [2.24, 2.45) is 4.99 Å². The molecule has 0 bridgehead atoms. The zero-order chi connectivity index (χ0) is 19.6. The number of aliphatic imine (C=N–C) groups is 1. The van der Waals surface area contributed by atoms with Crippen molar-refractivity contribution in [2.45, 2.75) is 19.4 Å². The fraction of sp³-hybridized carbons (Fsp3) is 0.273. The SMILES string of the molecule is CN=C(NCCc1ccccc1F)NCCc1nccn1Cc1ccccc1.I. The van der Waals surface area contributed by atoms with Gasteiger partial charge >= 0.3 is 0 Å². The Hall–Kier alpha value is -2.42. The topological polar surface area (TPSA) is 54.2 Å². The van der Waals surface area contributed by atoms with Crippen molar-refractivity contribution in [3.8, 4) is 0 Å². The normalized spacial score (nSPS) is 11.0. The molecule has 0 atom stereocenters. The molecule has 3 rings (SSSR count). The molecule has 5 nitrogen and oxygen atoms in total. The minimum atomic E-state index is -0.169. The van der Waals surface area contributed by atoms with Crippen LogP contribution in [-0.2, 0) is 19.4 Å². The van der Waals surface area contributed by atoms with Gasteiger partial charge in [0.1, 0.15) is 11.6 Å². The molecule has 0 saturated heterocycles. The summed E-state index contributed by atoms with van der Waals surface area (Å²) in [5.74, 6) is 1.56. The molecule has 0 aliphatic carbocycles. The average molecular weight is 507 g/mol. The van der Waals surface area contributed by atoms with Crippen molar-refractivity contribution in [2.75, 3.05) is 20.1 Å². The van der Waals surface area contributed by atoms with E-state index in [0.29, 0.717) is 31.0 Å². The number of nitrogens with zero attached hydrogens (tertiary/aromatic N) is 3. The van der Waals surface area contributed by atoms with E-state index in [2.05, 4.69) is 37.3 Å². The van der Waals surface area contributed by atoms with Crippen LogP contribution in [0.3, 0.4) is 0 Å². The highest BCUT2D eigenvalue weighted by Crippen LogP contribution is 2.07. The van der Waals surface area contributed by atoms with Crippen molar-refractivity contribution in [1.29, 1.82) is 0 Å². The molecule has 154 valence electrons. The average Bonchev–Trinajstić information content (AvgIpc) is 3.16. The summed E-state index contributed by atoms with van der Waals surface area (Å²) in [6, 6.07) is 17.2. The van der Waals surface area contributed by atoms with Crippen LogP contribution in [0.25, 0.3) is 0 Å². The summed E-state index contributed by atoms with van der Waals surface area (Å²) in [4.78, 5) is 8.69. The number of aromatic nitrogens is 2. The van der Waals surface area contributed by atoms with Crippen molar-refractivity contribution in [3.05, 3.63) is 89.8 Å². The van der Waals surface area contributed by atoms with E-state index in [1.807, 2.05) is 36.7 Å².